The van der Waals surface area contributed by atoms with Crippen molar-refractivity contribution >= 4 is 15.9 Å². The van der Waals surface area contributed by atoms with Crippen molar-refractivity contribution in [2.75, 3.05) is 0 Å². The van der Waals surface area contributed by atoms with Crippen LogP contribution in [0.1, 0.15) is 5.56 Å². The van der Waals surface area contributed by atoms with E-state index in [0.717, 1.165) is 12.1 Å². The van der Waals surface area contributed by atoms with Crippen LogP contribution in [0.25, 0.3) is 0 Å². The summed E-state index contributed by atoms with van der Waals surface area (Å²) >= 11 is 3.00. The van der Waals surface area contributed by atoms with Crippen molar-refractivity contribution in [2.24, 2.45) is 0 Å². The van der Waals surface area contributed by atoms with Crippen molar-refractivity contribution in [3.05, 3.63) is 57.8 Å². The Balaban J connectivity index is 2.45. The van der Waals surface area contributed by atoms with Crippen LogP contribution in [0.15, 0.2) is 34.8 Å². The first kappa shape index (κ1) is 13.9. The Morgan fingerprint density at radius 3 is 2.47 bits per heavy atom. The summed E-state index contributed by atoms with van der Waals surface area (Å²) in [4.78, 5) is 0. The molecule has 0 heterocycles. The lowest BCUT2D eigenvalue weighted by atomic mass is 10.2. The molecule has 19 heavy (non-hydrogen) atoms. The minimum Gasteiger partial charge on any atom is -0.454 e. The normalized spacial score (nSPS) is 10.6. The zero-order valence-electron chi connectivity index (χ0n) is 9.46. The number of ether oxygens (including phenoxy) is 1. The second-order valence-corrected chi connectivity index (χ2v) is 4.59. The van der Waals surface area contributed by atoms with Crippen LogP contribution in [0, 0.1) is 17.5 Å². The Kier molecular flexibility index (Phi) is 4.11. The van der Waals surface area contributed by atoms with Gasteiger partial charge in [-0.25, -0.2) is 8.78 Å². The van der Waals surface area contributed by atoms with Crippen LogP contribution in [0.4, 0.5) is 13.2 Å². The van der Waals surface area contributed by atoms with Gasteiger partial charge < -0.3 is 9.84 Å². The van der Waals surface area contributed by atoms with E-state index in [4.69, 9.17) is 9.84 Å². The van der Waals surface area contributed by atoms with Gasteiger partial charge in [-0.05, 0) is 24.3 Å². The molecule has 2 rings (SSSR count). The van der Waals surface area contributed by atoms with Crippen LogP contribution in [-0.4, -0.2) is 5.11 Å². The van der Waals surface area contributed by atoms with Gasteiger partial charge in [-0.3, -0.25) is 0 Å². The molecular weight excluding hydrogens is 325 g/mol. The Labute approximate surface area is 115 Å². The highest BCUT2D eigenvalue weighted by atomic mass is 79.9. The Morgan fingerprint density at radius 1 is 1.05 bits per heavy atom. The summed E-state index contributed by atoms with van der Waals surface area (Å²) in [6, 6.07) is 5.99. The average Bonchev–Trinajstić information content (AvgIpc) is 2.35. The molecule has 0 bridgehead atoms. The van der Waals surface area contributed by atoms with Gasteiger partial charge in [-0.2, -0.15) is 4.39 Å². The van der Waals surface area contributed by atoms with Gasteiger partial charge in [0.05, 0.1) is 12.2 Å². The van der Waals surface area contributed by atoms with Crippen molar-refractivity contribution < 1.29 is 23.0 Å². The molecule has 0 unspecified atom stereocenters. The Hall–Kier alpha value is -1.53. The summed E-state index contributed by atoms with van der Waals surface area (Å²) in [6.45, 7) is -0.611. The molecule has 0 saturated heterocycles. The molecule has 100 valence electrons. The van der Waals surface area contributed by atoms with Crippen LogP contribution < -0.4 is 4.74 Å². The molecule has 6 heteroatoms. The van der Waals surface area contributed by atoms with Crippen LogP contribution in [0.5, 0.6) is 11.5 Å². The van der Waals surface area contributed by atoms with E-state index in [-0.39, 0.29) is 15.8 Å². The number of rotatable bonds is 3. The van der Waals surface area contributed by atoms with E-state index in [1.165, 1.54) is 18.2 Å². The van der Waals surface area contributed by atoms with Gasteiger partial charge in [0.15, 0.2) is 11.6 Å². The molecule has 0 aromatic heterocycles. The summed E-state index contributed by atoms with van der Waals surface area (Å²) in [7, 11) is 0. The molecule has 0 spiro atoms. The van der Waals surface area contributed by atoms with Gasteiger partial charge in [0.2, 0.25) is 5.82 Å². The SMILES string of the molecule is OCc1c(F)cccc1Oc1cc(Br)cc(F)c1F. The van der Waals surface area contributed by atoms with E-state index >= 15 is 0 Å². The van der Waals surface area contributed by atoms with E-state index in [1.54, 1.807) is 0 Å². The number of hydrogen-bond donors (Lipinski definition) is 1. The lowest BCUT2D eigenvalue weighted by molar-refractivity contribution is 0.269. The highest BCUT2D eigenvalue weighted by molar-refractivity contribution is 9.10. The second kappa shape index (κ2) is 5.63. The molecule has 2 aromatic carbocycles. The standard InChI is InChI=1S/C13H8BrF3O2/c14-7-4-10(16)13(17)12(5-7)19-11-3-1-2-9(15)8(11)6-18/h1-5,18H,6H2. The largest absolute Gasteiger partial charge is 0.454 e. The van der Waals surface area contributed by atoms with Crippen LogP contribution in [-0.2, 0) is 6.61 Å². The maximum Gasteiger partial charge on any atom is 0.201 e. The molecule has 0 aliphatic carbocycles. The molecule has 0 amide bonds. The molecule has 0 radical (unpaired) electrons. The average molecular weight is 333 g/mol. The predicted molar refractivity (Wildman–Crippen MR) is 66.5 cm³/mol. The first-order chi connectivity index (χ1) is 9.02. The summed E-state index contributed by atoms with van der Waals surface area (Å²) in [5, 5.41) is 9.06. The number of halogens is 4. The lowest BCUT2D eigenvalue weighted by Gasteiger charge is -2.11. The fraction of sp³-hybridized carbons (Fsp3) is 0.0769. The van der Waals surface area contributed by atoms with Crippen molar-refractivity contribution in [3.8, 4) is 11.5 Å². The van der Waals surface area contributed by atoms with Gasteiger partial charge in [0, 0.05) is 4.47 Å². The number of hydrogen-bond acceptors (Lipinski definition) is 2. The minimum atomic E-state index is -1.18. The van der Waals surface area contributed by atoms with Crippen molar-refractivity contribution in [1.29, 1.82) is 0 Å². The smallest absolute Gasteiger partial charge is 0.201 e. The molecule has 2 aromatic rings. The monoisotopic (exact) mass is 332 g/mol. The quantitative estimate of drug-likeness (QED) is 0.855. The predicted octanol–water partition coefficient (Wildman–Crippen LogP) is 4.15. The van der Waals surface area contributed by atoms with Gasteiger partial charge in [-0.15, -0.1) is 0 Å². The first-order valence-corrected chi connectivity index (χ1v) is 6.03. The molecular formula is C13H8BrF3O2. The number of aliphatic hydroxyl groups is 1. The minimum absolute atomic E-state index is 0.0705. The van der Waals surface area contributed by atoms with Crippen molar-refractivity contribution in [1.82, 2.24) is 0 Å². The van der Waals surface area contributed by atoms with E-state index < -0.39 is 29.8 Å². The van der Waals surface area contributed by atoms with E-state index in [0.29, 0.717) is 0 Å². The highest BCUT2D eigenvalue weighted by Crippen LogP contribution is 2.32. The third-order valence-corrected chi connectivity index (χ3v) is 2.87. The maximum atomic E-state index is 13.5. The molecule has 0 aliphatic heterocycles. The van der Waals surface area contributed by atoms with E-state index in [2.05, 4.69) is 15.9 Å². The fourth-order valence-electron chi connectivity index (χ4n) is 1.51. The molecule has 0 fully saturated rings. The number of benzene rings is 2. The summed E-state index contributed by atoms with van der Waals surface area (Å²) in [5.74, 6) is -3.43. The molecule has 0 saturated carbocycles. The van der Waals surface area contributed by atoms with Crippen LogP contribution in [0.2, 0.25) is 0 Å². The molecule has 0 atom stereocenters. The van der Waals surface area contributed by atoms with E-state index in [9.17, 15) is 13.2 Å². The van der Waals surface area contributed by atoms with Crippen LogP contribution in [0.3, 0.4) is 0 Å². The van der Waals surface area contributed by atoms with Crippen molar-refractivity contribution in [3.63, 3.8) is 0 Å². The third-order valence-electron chi connectivity index (χ3n) is 2.41. The molecule has 0 aliphatic rings. The molecule has 2 nitrogen and oxygen atoms in total. The zero-order valence-corrected chi connectivity index (χ0v) is 11.0. The lowest BCUT2D eigenvalue weighted by Crippen LogP contribution is -1.98. The van der Waals surface area contributed by atoms with Gasteiger partial charge in [-0.1, -0.05) is 22.0 Å². The fourth-order valence-corrected chi connectivity index (χ4v) is 1.92. The second-order valence-electron chi connectivity index (χ2n) is 3.68. The maximum absolute atomic E-state index is 13.5. The summed E-state index contributed by atoms with van der Waals surface area (Å²) in [5.41, 5.74) is -0.123. The van der Waals surface area contributed by atoms with E-state index in [1.807, 2.05) is 0 Å². The third kappa shape index (κ3) is 2.90. The topological polar surface area (TPSA) is 29.5 Å². The van der Waals surface area contributed by atoms with Crippen LogP contribution >= 0.6 is 15.9 Å². The zero-order chi connectivity index (χ0) is 14.0. The van der Waals surface area contributed by atoms with Gasteiger partial charge >= 0.3 is 0 Å². The Bertz CT molecular complexity index is 617. The highest BCUT2D eigenvalue weighted by Gasteiger charge is 2.15. The summed E-state index contributed by atoms with van der Waals surface area (Å²) < 4.78 is 45.5. The van der Waals surface area contributed by atoms with Gasteiger partial charge in [0.25, 0.3) is 0 Å². The Morgan fingerprint density at radius 2 is 1.79 bits per heavy atom. The first-order valence-electron chi connectivity index (χ1n) is 5.23. The van der Waals surface area contributed by atoms with Gasteiger partial charge in [0.1, 0.15) is 11.6 Å². The molecule has 1 N–H and O–H groups in total. The van der Waals surface area contributed by atoms with Crippen molar-refractivity contribution in [2.45, 2.75) is 6.61 Å². The summed E-state index contributed by atoms with van der Waals surface area (Å²) in [6.07, 6.45) is 0. The number of aliphatic hydroxyl groups excluding tert-OH is 1.